The Morgan fingerprint density at radius 3 is 1.92 bits per heavy atom. The number of aliphatic hydroxyl groups excluding tert-OH is 1. The van der Waals surface area contributed by atoms with Crippen molar-refractivity contribution in [2.75, 3.05) is 32.8 Å². The Hall–Kier alpha value is -2.98. The molecule has 9 nitrogen and oxygen atoms in total. The fourth-order valence-corrected chi connectivity index (χ4v) is 6.25. The number of urea groups is 1. The van der Waals surface area contributed by atoms with Crippen LogP contribution in [-0.2, 0) is 32.2 Å². The number of carbonyl (C=O) groups excluding carboxylic acids is 2. The van der Waals surface area contributed by atoms with E-state index in [1.54, 1.807) is 6.92 Å². The Kier molecular flexibility index (Phi) is 20.0. The van der Waals surface area contributed by atoms with Crippen LogP contribution in [0, 0.1) is 0 Å². The number of nitrogens with zero attached hydrogens (tertiary/aromatic N) is 1. The van der Waals surface area contributed by atoms with Gasteiger partial charge in [0.25, 0.3) is 0 Å². The Morgan fingerprint density at radius 2 is 1.33 bits per heavy atom. The lowest BCUT2D eigenvalue weighted by molar-refractivity contribution is -0.253. The number of ether oxygens (including phenoxy) is 3. The maximum atomic E-state index is 12.1. The second-order valence-corrected chi connectivity index (χ2v) is 13.3. The maximum absolute atomic E-state index is 12.1. The highest BCUT2D eigenvalue weighted by molar-refractivity contribution is 5.80. The molecule has 1 saturated heterocycles. The van der Waals surface area contributed by atoms with Crippen molar-refractivity contribution in [3.8, 4) is 0 Å². The fourth-order valence-electron chi connectivity index (χ4n) is 6.25. The Labute approximate surface area is 295 Å². The third kappa shape index (κ3) is 16.1. The Morgan fingerprint density at radius 1 is 0.755 bits per heavy atom. The maximum Gasteiger partial charge on any atom is 0.325 e. The zero-order valence-corrected chi connectivity index (χ0v) is 30.4. The Bertz CT molecular complexity index is 1160. The zero-order chi connectivity index (χ0) is 35.1. The van der Waals surface area contributed by atoms with E-state index < -0.39 is 18.3 Å². The highest BCUT2D eigenvalue weighted by atomic mass is 16.7. The summed E-state index contributed by atoms with van der Waals surface area (Å²) in [6.07, 6.45) is 15.6. The van der Waals surface area contributed by atoms with Crippen LogP contribution in [0.25, 0.3) is 0 Å². The topological polar surface area (TPSA) is 109 Å². The first-order valence-corrected chi connectivity index (χ1v) is 18.9. The quantitative estimate of drug-likeness (QED) is 0.0759. The van der Waals surface area contributed by atoms with Crippen molar-refractivity contribution in [1.82, 2.24) is 15.5 Å². The van der Waals surface area contributed by atoms with Crippen LogP contribution in [0.15, 0.2) is 48.5 Å². The molecule has 1 heterocycles. The lowest BCUT2D eigenvalue weighted by atomic mass is 9.99. The van der Waals surface area contributed by atoms with Gasteiger partial charge in [0.05, 0.1) is 25.4 Å². The summed E-state index contributed by atoms with van der Waals surface area (Å²) in [6, 6.07) is 15.5. The summed E-state index contributed by atoms with van der Waals surface area (Å²) in [7, 11) is 0. The predicted octanol–water partition coefficient (Wildman–Crippen LogP) is 8.11. The zero-order valence-electron chi connectivity index (χ0n) is 30.4. The van der Waals surface area contributed by atoms with Gasteiger partial charge in [-0.3, -0.25) is 4.79 Å². The summed E-state index contributed by atoms with van der Waals surface area (Å²) in [4.78, 5) is 26.3. The van der Waals surface area contributed by atoms with Gasteiger partial charge in [-0.1, -0.05) is 127 Å². The second kappa shape index (κ2) is 24.2. The first kappa shape index (κ1) is 40.4. The predicted molar refractivity (Wildman–Crippen MR) is 195 cm³/mol. The molecule has 0 saturated carbocycles. The molecule has 0 aliphatic carbocycles. The number of unbranched alkanes of at least 4 members (excludes halogenated alkanes) is 10. The van der Waals surface area contributed by atoms with Gasteiger partial charge in [-0.05, 0) is 49.5 Å². The average molecular weight is 682 g/mol. The van der Waals surface area contributed by atoms with Gasteiger partial charge in [-0.15, -0.1) is 0 Å². The first-order valence-electron chi connectivity index (χ1n) is 18.9. The van der Waals surface area contributed by atoms with E-state index in [1.807, 2.05) is 36.4 Å². The molecule has 3 rings (SSSR count). The highest BCUT2D eigenvalue weighted by Crippen LogP contribution is 2.38. The molecule has 1 aliphatic rings. The summed E-state index contributed by atoms with van der Waals surface area (Å²) in [6.45, 7) is 9.75. The summed E-state index contributed by atoms with van der Waals surface area (Å²) in [5, 5.41) is 14.9. The number of benzene rings is 2. The molecular weight excluding hydrogens is 618 g/mol. The average Bonchev–Trinajstić information content (AvgIpc) is 3.12. The largest absolute Gasteiger partial charge is 0.465 e. The van der Waals surface area contributed by atoms with Crippen molar-refractivity contribution in [3.05, 3.63) is 70.8 Å². The number of hydrogen-bond acceptors (Lipinski definition) is 7. The van der Waals surface area contributed by atoms with Gasteiger partial charge in [0.15, 0.2) is 6.29 Å². The summed E-state index contributed by atoms with van der Waals surface area (Å²) < 4.78 is 18.2. The van der Waals surface area contributed by atoms with Gasteiger partial charge < -0.3 is 34.9 Å². The molecule has 9 heteroatoms. The van der Waals surface area contributed by atoms with Crippen LogP contribution in [0.4, 0.5) is 4.79 Å². The van der Waals surface area contributed by atoms with Gasteiger partial charge in [0, 0.05) is 25.1 Å². The lowest BCUT2D eigenvalue weighted by Gasteiger charge is -2.38. The van der Waals surface area contributed by atoms with Crippen LogP contribution >= 0.6 is 0 Å². The standard InChI is InChI=1S/C40H63N3O6/c1-4-7-9-11-13-15-25-43(26-16-14-12-10-8-5-2)30-36-27-37(34-21-19-33(31-44)20-22-34)49-39(48-36)35-23-17-32(18-24-35)28-41-40(46)42-29-38(45)47-6-3/h17-24,36-37,39,44H,4-16,25-31H2,1-3H3,(H2,41,42,46)/t36-,37+,39+/m1/s1. The van der Waals surface area contributed by atoms with Crippen molar-refractivity contribution in [1.29, 1.82) is 0 Å². The minimum atomic E-state index is -0.527. The number of esters is 1. The van der Waals surface area contributed by atoms with Crippen molar-refractivity contribution in [2.45, 2.75) is 136 Å². The molecule has 2 aromatic rings. The molecule has 0 bridgehead atoms. The molecule has 0 radical (unpaired) electrons. The highest BCUT2D eigenvalue weighted by Gasteiger charge is 2.33. The molecule has 2 amide bonds. The van der Waals surface area contributed by atoms with Crippen LogP contribution in [0.5, 0.6) is 0 Å². The van der Waals surface area contributed by atoms with E-state index in [0.29, 0.717) is 6.54 Å². The van der Waals surface area contributed by atoms with Crippen molar-refractivity contribution in [3.63, 3.8) is 0 Å². The summed E-state index contributed by atoms with van der Waals surface area (Å²) >= 11 is 0. The molecule has 3 N–H and O–H groups in total. The van der Waals surface area contributed by atoms with Crippen LogP contribution < -0.4 is 10.6 Å². The van der Waals surface area contributed by atoms with E-state index >= 15 is 0 Å². The molecule has 1 aliphatic heterocycles. The molecule has 1 fully saturated rings. The van der Waals surface area contributed by atoms with Gasteiger partial charge in [-0.25, -0.2) is 4.79 Å². The molecule has 49 heavy (non-hydrogen) atoms. The van der Waals surface area contributed by atoms with Crippen molar-refractivity contribution in [2.24, 2.45) is 0 Å². The second-order valence-electron chi connectivity index (χ2n) is 13.3. The fraction of sp³-hybridized carbons (Fsp3) is 0.650. The molecule has 2 aromatic carbocycles. The van der Waals surface area contributed by atoms with Crippen LogP contribution in [0.3, 0.4) is 0 Å². The number of rotatable bonds is 24. The van der Waals surface area contributed by atoms with Crippen LogP contribution in [0.2, 0.25) is 0 Å². The van der Waals surface area contributed by atoms with E-state index in [2.05, 4.69) is 41.5 Å². The van der Waals surface area contributed by atoms with Crippen molar-refractivity contribution >= 4 is 12.0 Å². The van der Waals surface area contributed by atoms with E-state index in [4.69, 9.17) is 14.2 Å². The first-order chi connectivity index (χ1) is 23.9. The smallest absolute Gasteiger partial charge is 0.325 e. The minimum Gasteiger partial charge on any atom is -0.465 e. The third-order valence-electron chi connectivity index (χ3n) is 9.14. The molecular formula is C40H63N3O6. The lowest BCUT2D eigenvalue weighted by Crippen LogP contribution is -2.40. The van der Waals surface area contributed by atoms with Gasteiger partial charge >= 0.3 is 12.0 Å². The van der Waals surface area contributed by atoms with Gasteiger partial charge in [0.2, 0.25) is 0 Å². The minimum absolute atomic E-state index is 0.00545. The summed E-state index contributed by atoms with van der Waals surface area (Å²) in [5.41, 5.74) is 3.81. The van der Waals surface area contributed by atoms with Gasteiger partial charge in [0.1, 0.15) is 6.54 Å². The van der Waals surface area contributed by atoms with Crippen molar-refractivity contribution < 1.29 is 28.9 Å². The Balaban J connectivity index is 1.66. The number of nitrogens with one attached hydrogen (secondary N) is 2. The van der Waals surface area contributed by atoms with E-state index in [9.17, 15) is 14.7 Å². The molecule has 274 valence electrons. The normalized spacial score (nSPS) is 17.6. The van der Waals surface area contributed by atoms with Gasteiger partial charge in [-0.2, -0.15) is 0 Å². The van der Waals surface area contributed by atoms with Crippen LogP contribution in [-0.4, -0.2) is 60.9 Å². The number of carbonyl (C=O) groups is 2. The summed E-state index contributed by atoms with van der Waals surface area (Å²) in [5.74, 6) is -0.469. The third-order valence-corrected chi connectivity index (χ3v) is 9.14. The molecule has 3 atom stereocenters. The molecule has 0 spiro atoms. The molecule has 0 aromatic heterocycles. The SMILES string of the molecule is CCCCCCCCN(CCCCCCCC)C[C@H]1C[C@@H](c2ccc(CO)cc2)O[C@@H](c2ccc(CNC(=O)NCC(=O)OCC)cc2)O1. The van der Waals surface area contributed by atoms with E-state index in [0.717, 1.165) is 48.3 Å². The number of hydrogen-bond donors (Lipinski definition) is 3. The number of aliphatic hydroxyl groups is 1. The van der Waals surface area contributed by atoms with E-state index in [1.165, 1.54) is 77.0 Å². The van der Waals surface area contributed by atoms with E-state index in [-0.39, 0.29) is 32.0 Å². The number of amides is 2. The molecule has 0 unspecified atom stereocenters. The van der Waals surface area contributed by atoms with Crippen LogP contribution in [0.1, 0.15) is 139 Å². The monoisotopic (exact) mass is 681 g/mol.